The van der Waals surface area contributed by atoms with Gasteiger partial charge in [0.25, 0.3) is 0 Å². The summed E-state index contributed by atoms with van der Waals surface area (Å²) in [5.41, 5.74) is 4.22. The summed E-state index contributed by atoms with van der Waals surface area (Å²) in [5.74, 6) is 1.42. The second kappa shape index (κ2) is 8.87. The van der Waals surface area contributed by atoms with E-state index in [4.69, 9.17) is 16.6 Å². The van der Waals surface area contributed by atoms with E-state index in [9.17, 15) is 0 Å². The van der Waals surface area contributed by atoms with Gasteiger partial charge in [-0.15, -0.1) is 0 Å². The van der Waals surface area contributed by atoms with Crippen LogP contribution >= 0.6 is 11.6 Å². The molecule has 2 aromatic heterocycles. The zero-order chi connectivity index (χ0) is 21.2. The molecule has 6 nitrogen and oxygen atoms in total. The van der Waals surface area contributed by atoms with Crippen molar-refractivity contribution in [3.63, 3.8) is 0 Å². The van der Waals surface area contributed by atoms with Gasteiger partial charge in [0.05, 0.1) is 23.1 Å². The smallest absolute Gasteiger partial charge is 0.223 e. The van der Waals surface area contributed by atoms with Crippen molar-refractivity contribution in [3.8, 4) is 11.3 Å². The Morgan fingerprint density at radius 1 is 0.968 bits per heavy atom. The molecule has 0 unspecified atom stereocenters. The molecule has 2 heterocycles. The van der Waals surface area contributed by atoms with Gasteiger partial charge in [0.1, 0.15) is 0 Å². The fraction of sp³-hybridized carbons (Fsp3) is 0.458. The first-order valence-corrected chi connectivity index (χ1v) is 11.7. The lowest BCUT2D eigenvalue weighted by molar-refractivity contribution is 0.427. The van der Waals surface area contributed by atoms with Crippen LogP contribution in [0.15, 0.2) is 42.7 Å². The van der Waals surface area contributed by atoms with Gasteiger partial charge >= 0.3 is 0 Å². The summed E-state index contributed by atoms with van der Waals surface area (Å²) >= 11 is 6.50. The lowest BCUT2D eigenvalue weighted by Gasteiger charge is -2.30. The normalized spacial score (nSPS) is 21.1. The van der Waals surface area contributed by atoms with Crippen LogP contribution in [0, 0.1) is 5.92 Å². The average molecular weight is 437 g/mol. The van der Waals surface area contributed by atoms with E-state index in [-0.39, 0.29) is 0 Å². The minimum atomic E-state index is 0.377. The van der Waals surface area contributed by atoms with Crippen LogP contribution in [0.25, 0.3) is 11.3 Å². The second-order valence-electron chi connectivity index (χ2n) is 8.87. The molecule has 2 aliphatic carbocycles. The fourth-order valence-electron chi connectivity index (χ4n) is 4.46. The van der Waals surface area contributed by atoms with Crippen molar-refractivity contribution in [1.29, 1.82) is 0 Å². The van der Waals surface area contributed by atoms with E-state index in [1.807, 2.05) is 24.0 Å². The molecule has 162 valence electrons. The van der Waals surface area contributed by atoms with Crippen molar-refractivity contribution in [1.82, 2.24) is 19.7 Å². The molecule has 0 atom stereocenters. The lowest BCUT2D eigenvalue weighted by atomic mass is 9.91. The molecule has 3 aromatic rings. The largest absolute Gasteiger partial charge is 0.382 e. The Kier molecular flexibility index (Phi) is 5.81. The summed E-state index contributed by atoms with van der Waals surface area (Å²) in [5, 5.41) is 12.2. The molecule has 5 rings (SSSR count). The van der Waals surface area contributed by atoms with Crippen molar-refractivity contribution in [2.45, 2.75) is 57.0 Å². The minimum Gasteiger partial charge on any atom is -0.382 e. The highest BCUT2D eigenvalue weighted by atomic mass is 35.5. The third-order valence-corrected chi connectivity index (χ3v) is 6.72. The Hall–Kier alpha value is -2.60. The summed E-state index contributed by atoms with van der Waals surface area (Å²) < 4.78 is 1.96. The third-order valence-electron chi connectivity index (χ3n) is 6.44. The van der Waals surface area contributed by atoms with Crippen LogP contribution < -0.4 is 10.6 Å². The second-order valence-corrected chi connectivity index (χ2v) is 9.28. The van der Waals surface area contributed by atoms with Gasteiger partial charge < -0.3 is 10.6 Å². The number of benzene rings is 1. The molecule has 2 aliphatic rings. The van der Waals surface area contributed by atoms with Crippen LogP contribution in [0.2, 0.25) is 5.02 Å². The highest BCUT2D eigenvalue weighted by molar-refractivity contribution is 6.32. The van der Waals surface area contributed by atoms with Crippen molar-refractivity contribution < 1.29 is 0 Å². The van der Waals surface area contributed by atoms with Gasteiger partial charge in [-0.3, -0.25) is 4.68 Å². The summed E-state index contributed by atoms with van der Waals surface area (Å²) in [4.78, 5) is 9.26. The standard InChI is InChI=1S/C24H29ClN6/c1-31-22(13-16-7-8-16)20(14-27-31)23-21(25)15-26-24(30-23)29-19-11-9-18(10-12-19)28-17-5-3-2-4-6-17/h2-6,14-16,18-19,28H,7-13H2,1H3,(H,26,29,30). The molecule has 0 radical (unpaired) electrons. The summed E-state index contributed by atoms with van der Waals surface area (Å²) in [6.07, 6.45) is 11.7. The number of nitrogens with one attached hydrogen (secondary N) is 2. The molecule has 2 N–H and O–H groups in total. The van der Waals surface area contributed by atoms with Crippen molar-refractivity contribution in [2.75, 3.05) is 10.6 Å². The zero-order valence-corrected chi connectivity index (χ0v) is 18.6. The Morgan fingerprint density at radius 3 is 2.39 bits per heavy atom. The Labute approximate surface area is 188 Å². The van der Waals surface area contributed by atoms with Crippen LogP contribution in [0.4, 0.5) is 11.6 Å². The maximum Gasteiger partial charge on any atom is 0.223 e. The van der Waals surface area contributed by atoms with E-state index >= 15 is 0 Å². The number of halogens is 1. The SMILES string of the molecule is Cn1ncc(-c2nc(NC3CCC(Nc4ccccc4)CC3)ncc2Cl)c1CC1CC1. The molecule has 0 spiro atoms. The maximum absolute atomic E-state index is 6.50. The molecule has 7 heteroatoms. The number of rotatable bonds is 7. The number of para-hydroxylation sites is 1. The van der Waals surface area contributed by atoms with E-state index in [0.29, 0.717) is 23.1 Å². The molecule has 2 fully saturated rings. The molecule has 1 aromatic carbocycles. The Bertz CT molecular complexity index is 1020. The number of nitrogens with zero attached hydrogens (tertiary/aromatic N) is 4. The highest BCUT2D eigenvalue weighted by Crippen LogP contribution is 2.37. The number of aryl methyl sites for hydroxylation is 1. The van der Waals surface area contributed by atoms with Crippen molar-refractivity contribution in [2.24, 2.45) is 13.0 Å². The first-order valence-electron chi connectivity index (χ1n) is 11.3. The first kappa shape index (κ1) is 20.3. The van der Waals surface area contributed by atoms with Crippen LogP contribution in [0.5, 0.6) is 0 Å². The Morgan fingerprint density at radius 2 is 1.68 bits per heavy atom. The molecule has 31 heavy (non-hydrogen) atoms. The molecule has 0 bridgehead atoms. The van der Waals surface area contributed by atoms with Gasteiger partial charge in [-0.1, -0.05) is 29.8 Å². The molecular weight excluding hydrogens is 408 g/mol. The predicted molar refractivity (Wildman–Crippen MR) is 125 cm³/mol. The number of aromatic nitrogens is 4. The van der Waals surface area contributed by atoms with E-state index in [1.54, 1.807) is 6.20 Å². The van der Waals surface area contributed by atoms with Gasteiger partial charge in [-0.25, -0.2) is 9.97 Å². The van der Waals surface area contributed by atoms with Crippen LogP contribution in [0.1, 0.15) is 44.2 Å². The van der Waals surface area contributed by atoms with E-state index in [2.05, 4.69) is 45.0 Å². The molecular formula is C24H29ClN6. The number of anilines is 2. The van der Waals surface area contributed by atoms with Crippen LogP contribution in [0.3, 0.4) is 0 Å². The van der Waals surface area contributed by atoms with E-state index in [0.717, 1.165) is 49.3 Å². The van der Waals surface area contributed by atoms with Crippen molar-refractivity contribution >= 4 is 23.2 Å². The predicted octanol–water partition coefficient (Wildman–Crippen LogP) is 5.32. The maximum atomic E-state index is 6.50. The molecule has 0 saturated heterocycles. The first-order chi connectivity index (χ1) is 15.2. The van der Waals surface area contributed by atoms with Gasteiger partial charge in [-0.05, 0) is 63.0 Å². The highest BCUT2D eigenvalue weighted by Gasteiger charge is 2.26. The van der Waals surface area contributed by atoms with Crippen molar-refractivity contribution in [3.05, 3.63) is 53.4 Å². The fourth-order valence-corrected chi connectivity index (χ4v) is 4.65. The summed E-state index contributed by atoms with van der Waals surface area (Å²) in [6.45, 7) is 0. The lowest BCUT2D eigenvalue weighted by Crippen LogP contribution is -2.32. The molecule has 2 saturated carbocycles. The number of hydrogen-bond acceptors (Lipinski definition) is 5. The van der Waals surface area contributed by atoms with Crippen LogP contribution in [-0.4, -0.2) is 31.8 Å². The third kappa shape index (κ3) is 4.85. The number of hydrogen-bond donors (Lipinski definition) is 2. The van der Waals surface area contributed by atoms with Gasteiger partial charge in [0, 0.05) is 36.1 Å². The van der Waals surface area contributed by atoms with Crippen LogP contribution in [-0.2, 0) is 13.5 Å². The molecule has 0 aliphatic heterocycles. The average Bonchev–Trinajstić information content (AvgIpc) is 3.54. The topological polar surface area (TPSA) is 67.7 Å². The van der Waals surface area contributed by atoms with E-state index in [1.165, 1.54) is 24.2 Å². The monoisotopic (exact) mass is 436 g/mol. The summed E-state index contributed by atoms with van der Waals surface area (Å²) in [7, 11) is 2.00. The van der Waals surface area contributed by atoms with Gasteiger partial charge in [-0.2, -0.15) is 5.10 Å². The molecule has 0 amide bonds. The summed E-state index contributed by atoms with van der Waals surface area (Å²) in [6, 6.07) is 11.3. The van der Waals surface area contributed by atoms with Gasteiger partial charge in [0.15, 0.2) is 0 Å². The van der Waals surface area contributed by atoms with E-state index < -0.39 is 0 Å². The zero-order valence-electron chi connectivity index (χ0n) is 17.9. The minimum absolute atomic E-state index is 0.377. The quantitative estimate of drug-likeness (QED) is 0.524. The van der Waals surface area contributed by atoms with Gasteiger partial charge in [0.2, 0.25) is 5.95 Å². The Balaban J connectivity index is 1.24.